The zero-order valence-corrected chi connectivity index (χ0v) is 18.6. The Labute approximate surface area is 189 Å². The first-order chi connectivity index (χ1) is 15.1. The number of halogens is 1. The maximum absolute atomic E-state index is 13.4. The summed E-state index contributed by atoms with van der Waals surface area (Å²) in [4.78, 5) is 14.6. The normalized spacial score (nSPS) is 17.9. The minimum atomic E-state index is -0.204. The lowest BCUT2D eigenvalue weighted by Gasteiger charge is -2.30. The quantitative estimate of drug-likeness (QED) is 0.625. The Morgan fingerprint density at radius 3 is 2.23 bits per heavy atom. The van der Waals surface area contributed by atoms with Gasteiger partial charge in [0, 0.05) is 36.3 Å². The average molecular weight is 440 g/mol. The molecule has 2 aromatic carbocycles. The summed E-state index contributed by atoms with van der Waals surface area (Å²) < 4.78 is 13.4. The van der Waals surface area contributed by atoms with Crippen LogP contribution < -0.4 is 10.6 Å². The monoisotopic (exact) mass is 439 g/mol. The first-order valence-electron chi connectivity index (χ1n) is 11.3. The number of thiocarbonyl (C=S) groups is 1. The maximum Gasteiger partial charge on any atom is 0.253 e. The molecule has 2 N–H and O–H groups in total. The average Bonchev–Trinajstić information content (AvgIpc) is 3.29. The van der Waals surface area contributed by atoms with Crippen molar-refractivity contribution >= 4 is 28.9 Å². The van der Waals surface area contributed by atoms with Crippen molar-refractivity contribution in [1.29, 1.82) is 0 Å². The van der Waals surface area contributed by atoms with Gasteiger partial charge >= 0.3 is 0 Å². The number of rotatable bonds is 5. The molecule has 1 saturated carbocycles. The van der Waals surface area contributed by atoms with Crippen LogP contribution in [0.3, 0.4) is 0 Å². The highest BCUT2D eigenvalue weighted by atomic mass is 32.1. The first-order valence-corrected chi connectivity index (χ1v) is 11.7. The van der Waals surface area contributed by atoms with E-state index in [1.54, 1.807) is 12.1 Å². The van der Waals surface area contributed by atoms with Gasteiger partial charge < -0.3 is 15.5 Å². The Bertz CT molecular complexity index is 901. The van der Waals surface area contributed by atoms with Crippen LogP contribution in [0.25, 0.3) is 0 Å². The molecular weight excluding hydrogens is 409 g/mol. The number of anilines is 1. The molecule has 2 aromatic rings. The Balaban J connectivity index is 1.34. The van der Waals surface area contributed by atoms with Crippen molar-refractivity contribution in [2.75, 3.05) is 25.0 Å². The van der Waals surface area contributed by atoms with Gasteiger partial charge in [0.25, 0.3) is 5.91 Å². The number of benzene rings is 2. The molecule has 31 heavy (non-hydrogen) atoms. The van der Waals surface area contributed by atoms with Crippen LogP contribution >= 0.6 is 12.2 Å². The molecule has 0 aromatic heterocycles. The van der Waals surface area contributed by atoms with E-state index in [-0.39, 0.29) is 17.1 Å². The zero-order valence-electron chi connectivity index (χ0n) is 17.8. The second-order valence-electron chi connectivity index (χ2n) is 8.73. The molecule has 2 aliphatic rings. The van der Waals surface area contributed by atoms with E-state index in [2.05, 4.69) is 10.6 Å². The van der Waals surface area contributed by atoms with Gasteiger partial charge in [-0.15, -0.1) is 0 Å². The summed E-state index contributed by atoms with van der Waals surface area (Å²) >= 11 is 5.52. The maximum atomic E-state index is 13.4. The lowest BCUT2D eigenvalue weighted by molar-refractivity contribution is 0.0724. The number of likely N-dealkylation sites (tertiary alicyclic amines) is 1. The summed E-state index contributed by atoms with van der Waals surface area (Å²) in [6.45, 7) is 2.42. The van der Waals surface area contributed by atoms with Crippen LogP contribution in [0.15, 0.2) is 48.5 Å². The predicted octanol–water partition coefficient (Wildman–Crippen LogP) is 5.25. The van der Waals surface area contributed by atoms with Gasteiger partial charge in [0.05, 0.1) is 0 Å². The number of carbonyl (C=O) groups excluding carboxylic acids is 1. The summed E-state index contributed by atoms with van der Waals surface area (Å²) in [7, 11) is 0. The smallest absolute Gasteiger partial charge is 0.253 e. The van der Waals surface area contributed by atoms with Crippen LogP contribution in [-0.2, 0) is 5.41 Å². The van der Waals surface area contributed by atoms with E-state index in [4.69, 9.17) is 12.2 Å². The molecule has 1 aliphatic heterocycles. The SMILES string of the molecule is O=C(c1ccc(NC(=S)NCC2(c3ccc(F)cc3)CCCC2)cc1)N1CCCCC1. The molecule has 0 radical (unpaired) electrons. The number of nitrogens with one attached hydrogen (secondary N) is 2. The summed E-state index contributed by atoms with van der Waals surface area (Å²) in [5, 5.41) is 7.15. The van der Waals surface area contributed by atoms with Crippen molar-refractivity contribution in [2.24, 2.45) is 0 Å². The van der Waals surface area contributed by atoms with Gasteiger partial charge in [-0.2, -0.15) is 0 Å². The predicted molar refractivity (Wildman–Crippen MR) is 127 cm³/mol. The lowest BCUT2D eigenvalue weighted by Crippen LogP contribution is -2.40. The molecule has 2 fully saturated rings. The number of piperidine rings is 1. The molecule has 1 aliphatic carbocycles. The lowest BCUT2D eigenvalue weighted by atomic mass is 9.79. The number of amides is 1. The van der Waals surface area contributed by atoms with Crippen molar-refractivity contribution in [3.8, 4) is 0 Å². The van der Waals surface area contributed by atoms with Crippen molar-refractivity contribution in [3.05, 3.63) is 65.5 Å². The second-order valence-corrected chi connectivity index (χ2v) is 9.14. The number of carbonyl (C=O) groups is 1. The minimum absolute atomic E-state index is 0.00976. The van der Waals surface area contributed by atoms with E-state index >= 15 is 0 Å². The van der Waals surface area contributed by atoms with Gasteiger partial charge in [0.15, 0.2) is 5.11 Å². The third-order valence-electron chi connectivity index (χ3n) is 6.64. The minimum Gasteiger partial charge on any atom is -0.362 e. The van der Waals surface area contributed by atoms with Gasteiger partial charge in [0.2, 0.25) is 0 Å². The standard InChI is InChI=1S/C25H30FN3OS/c26-21-10-8-20(9-11-21)25(14-2-3-15-25)18-27-24(31)28-22-12-6-19(7-13-22)23(30)29-16-4-1-5-17-29/h6-13H,1-5,14-18H2,(H2,27,28,31). The third kappa shape index (κ3) is 5.24. The van der Waals surface area contributed by atoms with Crippen LogP contribution in [0, 0.1) is 5.82 Å². The topological polar surface area (TPSA) is 44.4 Å². The highest BCUT2D eigenvalue weighted by molar-refractivity contribution is 7.80. The molecular formula is C25H30FN3OS. The van der Waals surface area contributed by atoms with E-state index < -0.39 is 0 Å². The van der Waals surface area contributed by atoms with E-state index in [0.717, 1.165) is 51.0 Å². The van der Waals surface area contributed by atoms with E-state index in [0.29, 0.717) is 10.7 Å². The molecule has 0 atom stereocenters. The fraction of sp³-hybridized carbons (Fsp3) is 0.440. The van der Waals surface area contributed by atoms with Crippen molar-refractivity contribution in [1.82, 2.24) is 10.2 Å². The highest BCUT2D eigenvalue weighted by Crippen LogP contribution is 2.40. The van der Waals surface area contributed by atoms with E-state index in [9.17, 15) is 9.18 Å². The van der Waals surface area contributed by atoms with Crippen LogP contribution in [0.4, 0.5) is 10.1 Å². The van der Waals surface area contributed by atoms with Gasteiger partial charge in [-0.3, -0.25) is 4.79 Å². The van der Waals surface area contributed by atoms with Gasteiger partial charge in [-0.1, -0.05) is 25.0 Å². The molecule has 4 nitrogen and oxygen atoms in total. The van der Waals surface area contributed by atoms with Crippen LogP contribution in [0.1, 0.15) is 60.9 Å². The van der Waals surface area contributed by atoms with Crippen molar-refractivity contribution in [2.45, 2.75) is 50.4 Å². The molecule has 4 rings (SSSR count). The van der Waals surface area contributed by atoms with Crippen molar-refractivity contribution < 1.29 is 9.18 Å². The van der Waals surface area contributed by atoms with E-state index in [1.165, 1.54) is 24.8 Å². The fourth-order valence-electron chi connectivity index (χ4n) is 4.82. The zero-order chi connectivity index (χ0) is 21.7. The first kappa shape index (κ1) is 21.8. The number of nitrogens with zero attached hydrogens (tertiary/aromatic N) is 1. The highest BCUT2D eigenvalue weighted by Gasteiger charge is 2.35. The van der Waals surface area contributed by atoms with Gasteiger partial charge in [-0.05, 0) is 86.3 Å². The second kappa shape index (κ2) is 9.77. The van der Waals surface area contributed by atoms with Crippen LogP contribution in [-0.4, -0.2) is 35.6 Å². The number of hydrogen-bond acceptors (Lipinski definition) is 2. The Morgan fingerprint density at radius 2 is 1.58 bits per heavy atom. The molecule has 0 spiro atoms. The Morgan fingerprint density at radius 1 is 0.935 bits per heavy atom. The molecule has 0 bridgehead atoms. The van der Waals surface area contributed by atoms with Gasteiger partial charge in [0.1, 0.15) is 5.82 Å². The van der Waals surface area contributed by atoms with Crippen LogP contribution in [0.5, 0.6) is 0 Å². The van der Waals surface area contributed by atoms with E-state index in [1.807, 2.05) is 41.3 Å². The van der Waals surface area contributed by atoms with Crippen molar-refractivity contribution in [3.63, 3.8) is 0 Å². The molecule has 6 heteroatoms. The Kier molecular flexibility index (Phi) is 6.86. The molecule has 1 heterocycles. The third-order valence-corrected chi connectivity index (χ3v) is 6.88. The summed E-state index contributed by atoms with van der Waals surface area (Å²) in [5.41, 5.74) is 2.73. The van der Waals surface area contributed by atoms with Crippen LogP contribution in [0.2, 0.25) is 0 Å². The summed E-state index contributed by atoms with van der Waals surface area (Å²) in [6.07, 6.45) is 7.87. The fourth-order valence-corrected chi connectivity index (χ4v) is 5.01. The van der Waals surface area contributed by atoms with Gasteiger partial charge in [-0.25, -0.2) is 4.39 Å². The summed E-state index contributed by atoms with van der Waals surface area (Å²) in [6, 6.07) is 14.4. The largest absolute Gasteiger partial charge is 0.362 e. The number of hydrogen-bond donors (Lipinski definition) is 2. The Hall–Kier alpha value is -2.47. The molecule has 1 amide bonds. The molecule has 164 valence electrons. The summed E-state index contributed by atoms with van der Waals surface area (Å²) in [5.74, 6) is -0.0984. The molecule has 0 unspecified atom stereocenters. The molecule has 1 saturated heterocycles.